The third-order valence-electron chi connectivity index (χ3n) is 4.06. The van der Waals surface area contributed by atoms with Crippen LogP contribution >= 0.6 is 0 Å². The fraction of sp³-hybridized carbons (Fsp3) is 0.278. The number of nitrogens with zero attached hydrogens (tertiary/aromatic N) is 3. The van der Waals surface area contributed by atoms with E-state index in [4.69, 9.17) is 0 Å². The monoisotopic (exact) mass is 326 g/mol. The summed E-state index contributed by atoms with van der Waals surface area (Å²) in [5.41, 5.74) is 3.99. The average molecular weight is 326 g/mol. The Morgan fingerprint density at radius 1 is 1.38 bits per heavy atom. The summed E-state index contributed by atoms with van der Waals surface area (Å²) < 4.78 is 1.79. The molecule has 0 bridgehead atoms. The van der Waals surface area contributed by atoms with E-state index in [1.807, 2.05) is 20.9 Å². The predicted octanol–water partition coefficient (Wildman–Crippen LogP) is 2.12. The average Bonchev–Trinajstić information content (AvgIpc) is 2.83. The van der Waals surface area contributed by atoms with E-state index in [2.05, 4.69) is 17.0 Å². The number of rotatable bonds is 5. The van der Waals surface area contributed by atoms with Crippen LogP contribution in [0.5, 0.6) is 0 Å². The SMILES string of the molecule is C=CC(=O)N(Cc1c(C)nn(C)c1C)c1cccc(C(=O)NC)c1. The molecule has 1 heterocycles. The molecule has 2 amide bonds. The lowest BCUT2D eigenvalue weighted by Crippen LogP contribution is -2.29. The highest BCUT2D eigenvalue weighted by Gasteiger charge is 2.19. The maximum Gasteiger partial charge on any atom is 0.251 e. The smallest absolute Gasteiger partial charge is 0.251 e. The first-order valence-corrected chi connectivity index (χ1v) is 7.64. The highest BCUT2D eigenvalue weighted by molar-refractivity contribution is 6.02. The Morgan fingerprint density at radius 2 is 2.08 bits per heavy atom. The molecule has 0 aliphatic heterocycles. The molecule has 1 aromatic carbocycles. The molecule has 6 heteroatoms. The van der Waals surface area contributed by atoms with Crippen molar-refractivity contribution in [2.24, 2.45) is 7.05 Å². The van der Waals surface area contributed by atoms with Gasteiger partial charge in [-0.2, -0.15) is 5.10 Å². The standard InChI is InChI=1S/C18H22N4O2/c1-6-17(23)22(11-16-12(2)20-21(5)13(16)3)15-9-7-8-14(10-15)18(24)19-4/h6-10H,1,11H2,2-5H3,(H,19,24). The summed E-state index contributed by atoms with van der Waals surface area (Å²) in [4.78, 5) is 25.8. The molecule has 1 aromatic heterocycles. The van der Waals surface area contributed by atoms with E-state index < -0.39 is 0 Å². The molecule has 6 nitrogen and oxygen atoms in total. The Kier molecular flexibility index (Phi) is 5.18. The van der Waals surface area contributed by atoms with Gasteiger partial charge in [0.25, 0.3) is 11.8 Å². The molecule has 24 heavy (non-hydrogen) atoms. The van der Waals surface area contributed by atoms with Crippen molar-refractivity contribution in [3.63, 3.8) is 0 Å². The number of benzene rings is 1. The van der Waals surface area contributed by atoms with Crippen molar-refractivity contribution in [1.29, 1.82) is 0 Å². The number of carbonyl (C=O) groups excluding carboxylic acids is 2. The lowest BCUT2D eigenvalue weighted by Gasteiger charge is -2.22. The number of anilines is 1. The molecule has 0 saturated carbocycles. The van der Waals surface area contributed by atoms with E-state index in [9.17, 15) is 9.59 Å². The number of nitrogens with one attached hydrogen (secondary N) is 1. The van der Waals surface area contributed by atoms with E-state index in [-0.39, 0.29) is 11.8 Å². The summed E-state index contributed by atoms with van der Waals surface area (Å²) in [6.07, 6.45) is 1.27. The zero-order valence-corrected chi connectivity index (χ0v) is 14.5. The Morgan fingerprint density at radius 3 is 2.62 bits per heavy atom. The molecular weight excluding hydrogens is 304 g/mol. The van der Waals surface area contributed by atoms with Gasteiger partial charge in [0.05, 0.1) is 12.2 Å². The number of carbonyl (C=O) groups is 2. The summed E-state index contributed by atoms with van der Waals surface area (Å²) in [5, 5.41) is 6.98. The van der Waals surface area contributed by atoms with Crippen molar-refractivity contribution in [3.05, 3.63) is 59.4 Å². The van der Waals surface area contributed by atoms with Crippen LogP contribution in [-0.2, 0) is 18.4 Å². The van der Waals surface area contributed by atoms with Crippen molar-refractivity contribution in [1.82, 2.24) is 15.1 Å². The third kappa shape index (κ3) is 3.37. The quantitative estimate of drug-likeness (QED) is 0.856. The topological polar surface area (TPSA) is 67.2 Å². The molecule has 0 atom stereocenters. The van der Waals surface area contributed by atoms with Gasteiger partial charge in [0.2, 0.25) is 0 Å². The normalized spacial score (nSPS) is 10.3. The van der Waals surface area contributed by atoms with E-state index in [1.54, 1.807) is 40.9 Å². The van der Waals surface area contributed by atoms with E-state index in [0.717, 1.165) is 17.0 Å². The van der Waals surface area contributed by atoms with Crippen molar-refractivity contribution < 1.29 is 9.59 Å². The van der Waals surface area contributed by atoms with Gasteiger partial charge in [-0.1, -0.05) is 12.6 Å². The molecule has 1 N–H and O–H groups in total. The van der Waals surface area contributed by atoms with Crippen LogP contribution in [0.25, 0.3) is 0 Å². The Labute approximate surface area is 141 Å². The van der Waals surface area contributed by atoms with Gasteiger partial charge >= 0.3 is 0 Å². The summed E-state index contributed by atoms with van der Waals surface area (Å²) in [5.74, 6) is -0.427. The van der Waals surface area contributed by atoms with Gasteiger partial charge < -0.3 is 10.2 Å². The minimum absolute atomic E-state index is 0.198. The summed E-state index contributed by atoms with van der Waals surface area (Å²) in [6, 6.07) is 6.96. The van der Waals surface area contributed by atoms with E-state index in [1.165, 1.54) is 6.08 Å². The van der Waals surface area contributed by atoms with Crippen LogP contribution in [0, 0.1) is 13.8 Å². The Balaban J connectivity index is 2.45. The maximum atomic E-state index is 12.4. The summed E-state index contributed by atoms with van der Waals surface area (Å²) in [6.45, 7) is 7.83. The van der Waals surface area contributed by atoms with Crippen molar-refractivity contribution in [3.8, 4) is 0 Å². The number of amides is 2. The highest BCUT2D eigenvalue weighted by Crippen LogP contribution is 2.22. The highest BCUT2D eigenvalue weighted by atomic mass is 16.2. The van der Waals surface area contributed by atoms with Gasteiger partial charge in [0, 0.05) is 36.6 Å². The molecule has 2 rings (SSSR count). The lowest BCUT2D eigenvalue weighted by atomic mass is 10.1. The van der Waals surface area contributed by atoms with Gasteiger partial charge in [-0.15, -0.1) is 0 Å². The third-order valence-corrected chi connectivity index (χ3v) is 4.06. The van der Waals surface area contributed by atoms with Crippen LogP contribution in [0.4, 0.5) is 5.69 Å². The van der Waals surface area contributed by atoms with Crippen molar-refractivity contribution in [2.75, 3.05) is 11.9 Å². The first-order chi connectivity index (χ1) is 11.4. The minimum atomic E-state index is -0.230. The minimum Gasteiger partial charge on any atom is -0.355 e. The Bertz CT molecular complexity index is 792. The molecule has 0 saturated heterocycles. The summed E-state index contributed by atoms with van der Waals surface area (Å²) in [7, 11) is 3.45. The number of hydrogen-bond donors (Lipinski definition) is 1. The first kappa shape index (κ1) is 17.5. The zero-order valence-electron chi connectivity index (χ0n) is 14.5. The zero-order chi connectivity index (χ0) is 17.9. The van der Waals surface area contributed by atoms with Crippen LogP contribution in [0.15, 0.2) is 36.9 Å². The fourth-order valence-electron chi connectivity index (χ4n) is 2.57. The second-order valence-corrected chi connectivity index (χ2v) is 5.53. The van der Waals surface area contributed by atoms with Crippen molar-refractivity contribution in [2.45, 2.75) is 20.4 Å². The van der Waals surface area contributed by atoms with Crippen LogP contribution in [0.2, 0.25) is 0 Å². The van der Waals surface area contributed by atoms with E-state index >= 15 is 0 Å². The lowest BCUT2D eigenvalue weighted by molar-refractivity contribution is -0.114. The molecule has 0 aliphatic carbocycles. The largest absolute Gasteiger partial charge is 0.355 e. The van der Waals surface area contributed by atoms with Crippen molar-refractivity contribution >= 4 is 17.5 Å². The van der Waals surface area contributed by atoms with Gasteiger partial charge in [0.1, 0.15) is 0 Å². The predicted molar refractivity (Wildman–Crippen MR) is 93.9 cm³/mol. The second kappa shape index (κ2) is 7.12. The van der Waals surface area contributed by atoms with Crippen LogP contribution in [-0.4, -0.2) is 28.6 Å². The number of aromatic nitrogens is 2. The fourth-order valence-corrected chi connectivity index (χ4v) is 2.57. The molecular formula is C18H22N4O2. The molecule has 126 valence electrons. The second-order valence-electron chi connectivity index (χ2n) is 5.53. The maximum absolute atomic E-state index is 12.4. The van der Waals surface area contributed by atoms with E-state index in [0.29, 0.717) is 17.8 Å². The molecule has 0 spiro atoms. The van der Waals surface area contributed by atoms with Crippen LogP contribution < -0.4 is 10.2 Å². The molecule has 0 fully saturated rings. The van der Waals surface area contributed by atoms with Gasteiger partial charge in [-0.25, -0.2) is 0 Å². The van der Waals surface area contributed by atoms with Gasteiger partial charge in [-0.05, 0) is 38.1 Å². The first-order valence-electron chi connectivity index (χ1n) is 7.64. The van der Waals surface area contributed by atoms with Gasteiger partial charge in [-0.3, -0.25) is 14.3 Å². The molecule has 0 radical (unpaired) electrons. The van der Waals surface area contributed by atoms with Crippen LogP contribution in [0.3, 0.4) is 0 Å². The number of aryl methyl sites for hydroxylation is 2. The Hall–Kier alpha value is -2.89. The molecule has 0 unspecified atom stereocenters. The molecule has 2 aromatic rings. The summed E-state index contributed by atoms with van der Waals surface area (Å²) >= 11 is 0. The van der Waals surface area contributed by atoms with Gasteiger partial charge in [0.15, 0.2) is 0 Å². The van der Waals surface area contributed by atoms with Crippen LogP contribution in [0.1, 0.15) is 27.3 Å². The number of hydrogen-bond acceptors (Lipinski definition) is 3. The molecule has 0 aliphatic rings.